The standard InChI is InChI=1S/C23H26FN5O/c1-3-29(21-9-4-18(14-25)16-26-21)17(2)15-27-22(30)10-13-28-23(11-12-23)19-5-7-20(24)8-6-19/h4-9,15-16,28H,3,10-13H2,1-2H3,(H,27,30)/b17-15+. The molecule has 1 fully saturated rings. The number of carbonyl (C=O) groups excluding carboxylic acids is 1. The van der Waals surface area contributed by atoms with Crippen LogP contribution in [0.1, 0.15) is 44.2 Å². The van der Waals surface area contributed by atoms with Crippen LogP contribution >= 0.6 is 0 Å². The lowest BCUT2D eigenvalue weighted by atomic mass is 10.0. The molecule has 0 spiro atoms. The molecule has 0 unspecified atom stereocenters. The summed E-state index contributed by atoms with van der Waals surface area (Å²) in [6.07, 6.45) is 5.53. The Bertz CT molecular complexity index is 943. The van der Waals surface area contributed by atoms with E-state index in [1.54, 1.807) is 30.5 Å². The van der Waals surface area contributed by atoms with Crippen molar-refractivity contribution in [2.45, 2.75) is 38.6 Å². The van der Waals surface area contributed by atoms with E-state index in [2.05, 4.69) is 21.7 Å². The molecule has 0 aliphatic heterocycles. The van der Waals surface area contributed by atoms with E-state index in [-0.39, 0.29) is 17.3 Å². The number of pyridine rings is 1. The number of hydrogen-bond donors (Lipinski definition) is 2. The van der Waals surface area contributed by atoms with E-state index >= 15 is 0 Å². The summed E-state index contributed by atoms with van der Waals surface area (Å²) in [5.41, 5.74) is 2.29. The van der Waals surface area contributed by atoms with E-state index in [9.17, 15) is 9.18 Å². The third kappa shape index (κ3) is 5.22. The van der Waals surface area contributed by atoms with Crippen molar-refractivity contribution >= 4 is 11.7 Å². The molecule has 1 saturated carbocycles. The van der Waals surface area contributed by atoms with Crippen LogP contribution in [0.15, 0.2) is 54.5 Å². The number of amides is 1. The normalized spacial score (nSPS) is 14.7. The molecule has 0 bridgehead atoms. The fraction of sp³-hybridized carbons (Fsp3) is 0.348. The predicted octanol–water partition coefficient (Wildman–Crippen LogP) is 3.57. The van der Waals surface area contributed by atoms with E-state index in [0.29, 0.717) is 25.1 Å². The van der Waals surface area contributed by atoms with Crippen molar-refractivity contribution in [3.05, 3.63) is 71.4 Å². The molecule has 1 amide bonds. The van der Waals surface area contributed by atoms with E-state index in [0.717, 1.165) is 29.9 Å². The van der Waals surface area contributed by atoms with Gasteiger partial charge in [0.25, 0.3) is 0 Å². The quantitative estimate of drug-likeness (QED) is 0.664. The summed E-state index contributed by atoms with van der Waals surface area (Å²) < 4.78 is 13.1. The highest BCUT2D eigenvalue weighted by molar-refractivity contribution is 5.77. The third-order valence-electron chi connectivity index (χ3n) is 5.30. The molecule has 1 aromatic carbocycles. The molecule has 1 aliphatic carbocycles. The Hall–Kier alpha value is -3.24. The second-order valence-corrected chi connectivity index (χ2v) is 7.38. The first-order valence-corrected chi connectivity index (χ1v) is 10.1. The zero-order valence-corrected chi connectivity index (χ0v) is 17.3. The number of nitrogens with one attached hydrogen (secondary N) is 2. The number of nitriles is 1. The van der Waals surface area contributed by atoms with Crippen molar-refractivity contribution in [3.8, 4) is 6.07 Å². The van der Waals surface area contributed by atoms with Crippen molar-refractivity contribution in [2.75, 3.05) is 18.0 Å². The van der Waals surface area contributed by atoms with Crippen LogP contribution in [0.25, 0.3) is 0 Å². The molecule has 3 rings (SSSR count). The molecule has 1 heterocycles. The van der Waals surface area contributed by atoms with Gasteiger partial charge < -0.3 is 15.5 Å². The van der Waals surface area contributed by atoms with Gasteiger partial charge >= 0.3 is 0 Å². The minimum Gasteiger partial charge on any atom is -0.331 e. The molecule has 2 N–H and O–H groups in total. The second-order valence-electron chi connectivity index (χ2n) is 7.38. The van der Waals surface area contributed by atoms with Crippen molar-refractivity contribution in [2.24, 2.45) is 0 Å². The number of rotatable bonds is 9. The Morgan fingerprint density at radius 1 is 1.30 bits per heavy atom. The lowest BCUT2D eigenvalue weighted by Crippen LogP contribution is -2.33. The van der Waals surface area contributed by atoms with E-state index in [4.69, 9.17) is 5.26 Å². The molecule has 1 aromatic heterocycles. The van der Waals surface area contributed by atoms with Crippen LogP contribution in [0.4, 0.5) is 10.2 Å². The van der Waals surface area contributed by atoms with Gasteiger partial charge in [-0.25, -0.2) is 9.37 Å². The number of benzene rings is 1. The largest absolute Gasteiger partial charge is 0.331 e. The van der Waals surface area contributed by atoms with Crippen molar-refractivity contribution in [1.29, 1.82) is 5.26 Å². The Morgan fingerprint density at radius 3 is 2.60 bits per heavy atom. The van der Waals surface area contributed by atoms with Gasteiger partial charge in [0.15, 0.2) is 0 Å². The highest BCUT2D eigenvalue weighted by Crippen LogP contribution is 2.45. The number of aromatic nitrogens is 1. The first-order chi connectivity index (χ1) is 14.5. The Labute approximate surface area is 176 Å². The monoisotopic (exact) mass is 407 g/mol. The molecule has 7 heteroatoms. The predicted molar refractivity (Wildman–Crippen MR) is 114 cm³/mol. The zero-order chi connectivity index (χ0) is 21.6. The SMILES string of the molecule is CCN(/C(C)=C/NC(=O)CCNC1(c2ccc(F)cc2)CC1)c1ccc(C#N)cn1. The lowest BCUT2D eigenvalue weighted by Gasteiger charge is -2.22. The maximum atomic E-state index is 13.1. The molecule has 1 aliphatic rings. The van der Waals surface area contributed by atoms with Crippen molar-refractivity contribution in [3.63, 3.8) is 0 Å². The summed E-state index contributed by atoms with van der Waals surface area (Å²) in [6.45, 7) is 5.12. The van der Waals surface area contributed by atoms with Gasteiger partial charge in [-0.2, -0.15) is 5.26 Å². The van der Waals surface area contributed by atoms with Crippen LogP contribution in [0.3, 0.4) is 0 Å². The van der Waals surface area contributed by atoms with Gasteiger partial charge in [-0.3, -0.25) is 4.79 Å². The molecule has 6 nitrogen and oxygen atoms in total. The van der Waals surface area contributed by atoms with Crippen LogP contribution < -0.4 is 15.5 Å². The number of carbonyl (C=O) groups is 1. The Kier molecular flexibility index (Phi) is 6.80. The number of halogens is 1. The molecule has 30 heavy (non-hydrogen) atoms. The van der Waals surface area contributed by atoms with Crippen LogP contribution in [0, 0.1) is 17.1 Å². The average Bonchev–Trinajstić information content (AvgIpc) is 3.54. The van der Waals surface area contributed by atoms with Gasteiger partial charge in [0.05, 0.1) is 5.56 Å². The summed E-state index contributed by atoms with van der Waals surface area (Å²) in [5, 5.41) is 15.2. The first-order valence-electron chi connectivity index (χ1n) is 10.1. The van der Waals surface area contributed by atoms with Crippen LogP contribution in [-0.2, 0) is 10.3 Å². The van der Waals surface area contributed by atoms with Gasteiger partial charge in [-0.1, -0.05) is 12.1 Å². The van der Waals surface area contributed by atoms with E-state index < -0.39 is 0 Å². The van der Waals surface area contributed by atoms with Crippen LogP contribution in [-0.4, -0.2) is 24.0 Å². The Balaban J connectivity index is 1.49. The summed E-state index contributed by atoms with van der Waals surface area (Å²) in [4.78, 5) is 18.5. The first kappa shape index (κ1) is 21.5. The van der Waals surface area contributed by atoms with Gasteiger partial charge in [-0.05, 0) is 56.5 Å². The number of allylic oxidation sites excluding steroid dienone is 1. The molecule has 2 aromatic rings. The number of hydrogen-bond acceptors (Lipinski definition) is 5. The molecule has 156 valence electrons. The molecule has 0 atom stereocenters. The van der Waals surface area contributed by atoms with Crippen LogP contribution in [0.5, 0.6) is 0 Å². The molecular formula is C23H26FN5O. The smallest absolute Gasteiger partial charge is 0.225 e. The summed E-state index contributed by atoms with van der Waals surface area (Å²) in [6, 6.07) is 12.1. The highest BCUT2D eigenvalue weighted by Gasteiger charge is 2.43. The fourth-order valence-electron chi connectivity index (χ4n) is 3.42. The maximum absolute atomic E-state index is 13.1. The maximum Gasteiger partial charge on any atom is 0.225 e. The van der Waals surface area contributed by atoms with Crippen LogP contribution in [0.2, 0.25) is 0 Å². The topological polar surface area (TPSA) is 81.0 Å². The third-order valence-corrected chi connectivity index (χ3v) is 5.30. The van der Waals surface area contributed by atoms with E-state index in [1.807, 2.05) is 18.7 Å². The summed E-state index contributed by atoms with van der Waals surface area (Å²) in [5.74, 6) is 0.394. The lowest BCUT2D eigenvalue weighted by molar-refractivity contribution is -0.120. The van der Waals surface area contributed by atoms with Gasteiger partial charge in [-0.15, -0.1) is 0 Å². The summed E-state index contributed by atoms with van der Waals surface area (Å²) >= 11 is 0. The zero-order valence-electron chi connectivity index (χ0n) is 17.3. The number of anilines is 1. The van der Waals surface area contributed by atoms with Gasteiger partial charge in [0.1, 0.15) is 17.7 Å². The Morgan fingerprint density at radius 2 is 2.03 bits per heavy atom. The van der Waals surface area contributed by atoms with E-state index in [1.165, 1.54) is 18.3 Å². The molecular weight excluding hydrogens is 381 g/mol. The second kappa shape index (κ2) is 9.51. The molecule has 0 saturated heterocycles. The number of nitrogens with zero attached hydrogens (tertiary/aromatic N) is 3. The highest BCUT2D eigenvalue weighted by atomic mass is 19.1. The van der Waals surface area contributed by atoms with Gasteiger partial charge in [0, 0.05) is 43.1 Å². The summed E-state index contributed by atoms with van der Waals surface area (Å²) in [7, 11) is 0. The minimum atomic E-state index is -0.242. The molecule has 0 radical (unpaired) electrons. The van der Waals surface area contributed by atoms with Gasteiger partial charge in [0.2, 0.25) is 5.91 Å². The minimum absolute atomic E-state index is 0.0828. The van der Waals surface area contributed by atoms with Crippen molar-refractivity contribution in [1.82, 2.24) is 15.6 Å². The fourth-order valence-corrected chi connectivity index (χ4v) is 3.42. The van der Waals surface area contributed by atoms with Crippen molar-refractivity contribution < 1.29 is 9.18 Å². The average molecular weight is 407 g/mol.